The average Bonchev–Trinajstić information content (AvgIpc) is 3.15. The molecule has 0 radical (unpaired) electrons. The monoisotopic (exact) mass is 428 g/mol. The summed E-state index contributed by atoms with van der Waals surface area (Å²) in [6, 6.07) is 9.85. The molecule has 0 spiro atoms. The molecule has 0 amide bonds. The van der Waals surface area contributed by atoms with Gasteiger partial charge >= 0.3 is 0 Å². The number of allylic oxidation sites excluding steroid dienone is 2. The highest BCUT2D eigenvalue weighted by atomic mass is 15.1. The Morgan fingerprint density at radius 3 is 2.69 bits per heavy atom. The van der Waals surface area contributed by atoms with Crippen LogP contribution in [0.1, 0.15) is 70.8 Å². The summed E-state index contributed by atoms with van der Waals surface area (Å²) < 4.78 is 0. The van der Waals surface area contributed by atoms with Gasteiger partial charge in [0, 0.05) is 23.8 Å². The van der Waals surface area contributed by atoms with Crippen LogP contribution in [0.4, 0.5) is 0 Å². The van der Waals surface area contributed by atoms with Crippen LogP contribution < -0.4 is 0 Å². The van der Waals surface area contributed by atoms with Crippen molar-refractivity contribution < 1.29 is 0 Å². The molecule has 2 nitrogen and oxygen atoms in total. The normalized spacial score (nSPS) is 41.2. The molecule has 1 heterocycles. The Bertz CT molecular complexity index is 1050. The third-order valence-corrected chi connectivity index (χ3v) is 10.9. The minimum absolute atomic E-state index is 0.336. The number of pyridine rings is 1. The van der Waals surface area contributed by atoms with Gasteiger partial charge in [0.15, 0.2) is 0 Å². The van der Waals surface area contributed by atoms with Crippen LogP contribution in [0.25, 0.3) is 16.3 Å². The number of aromatic nitrogens is 1. The van der Waals surface area contributed by atoms with Crippen LogP contribution in [0.2, 0.25) is 0 Å². The lowest BCUT2D eigenvalue weighted by atomic mass is 9.44. The number of hydrogen-bond donors (Lipinski definition) is 0. The molecular weight excluding hydrogens is 388 g/mol. The first-order valence-corrected chi connectivity index (χ1v) is 13.1. The second-order valence-corrected chi connectivity index (χ2v) is 12.3. The molecule has 0 N–H and O–H groups in total. The van der Waals surface area contributed by atoms with Gasteiger partial charge in [0.05, 0.1) is 0 Å². The zero-order valence-corrected chi connectivity index (χ0v) is 20.5. The van der Waals surface area contributed by atoms with Crippen molar-refractivity contribution in [2.45, 2.75) is 71.3 Å². The van der Waals surface area contributed by atoms with E-state index in [0.717, 1.165) is 29.7 Å². The Morgan fingerprint density at radius 1 is 0.969 bits per heavy atom. The van der Waals surface area contributed by atoms with Gasteiger partial charge in [0.25, 0.3) is 0 Å². The first kappa shape index (κ1) is 20.9. The van der Waals surface area contributed by atoms with Crippen LogP contribution in [0.15, 0.2) is 42.7 Å². The highest BCUT2D eigenvalue weighted by Gasteiger charge is 2.58. The molecule has 0 aliphatic heterocycles. The van der Waals surface area contributed by atoms with Crippen LogP contribution in [0, 0.1) is 34.5 Å². The van der Waals surface area contributed by atoms with Crippen molar-refractivity contribution in [3.63, 3.8) is 0 Å². The quantitative estimate of drug-likeness (QED) is 0.503. The third kappa shape index (κ3) is 2.91. The maximum absolute atomic E-state index is 4.37. The van der Waals surface area contributed by atoms with E-state index in [1.807, 2.05) is 12.4 Å². The van der Waals surface area contributed by atoms with Gasteiger partial charge in [-0.05, 0) is 123 Å². The molecule has 4 aliphatic rings. The molecule has 32 heavy (non-hydrogen) atoms. The number of nitrogens with zero attached hydrogens (tertiary/aromatic N) is 2. The van der Waals surface area contributed by atoms with Crippen molar-refractivity contribution in [3.05, 3.63) is 48.3 Å². The minimum Gasteiger partial charge on any atom is -0.306 e. The Labute approximate surface area is 194 Å². The summed E-state index contributed by atoms with van der Waals surface area (Å²) in [6.45, 7) is 5.31. The van der Waals surface area contributed by atoms with E-state index >= 15 is 0 Å². The number of benzene rings is 1. The molecule has 3 saturated carbocycles. The molecule has 4 aliphatic carbocycles. The van der Waals surface area contributed by atoms with Crippen molar-refractivity contribution in [1.29, 1.82) is 0 Å². The predicted octanol–water partition coefficient (Wildman–Crippen LogP) is 7.20. The van der Waals surface area contributed by atoms with Crippen LogP contribution in [-0.2, 0) is 0 Å². The summed E-state index contributed by atoms with van der Waals surface area (Å²) in [6.07, 6.45) is 17.9. The van der Waals surface area contributed by atoms with E-state index in [1.165, 1.54) is 67.7 Å². The first-order valence-electron chi connectivity index (χ1n) is 13.1. The van der Waals surface area contributed by atoms with Crippen molar-refractivity contribution >= 4 is 16.3 Å². The molecule has 7 unspecified atom stereocenters. The second kappa shape index (κ2) is 7.42. The topological polar surface area (TPSA) is 16.1 Å². The Kier molecular flexibility index (Phi) is 4.85. The summed E-state index contributed by atoms with van der Waals surface area (Å²) in [5.74, 6) is 3.62. The largest absolute Gasteiger partial charge is 0.306 e. The van der Waals surface area contributed by atoms with Gasteiger partial charge < -0.3 is 4.90 Å². The summed E-state index contributed by atoms with van der Waals surface area (Å²) in [7, 11) is 4.58. The lowest BCUT2D eigenvalue weighted by Gasteiger charge is -2.61. The maximum atomic E-state index is 4.37. The van der Waals surface area contributed by atoms with Gasteiger partial charge in [-0.15, -0.1) is 0 Å². The van der Waals surface area contributed by atoms with E-state index in [9.17, 15) is 0 Å². The van der Waals surface area contributed by atoms with Crippen LogP contribution >= 0.6 is 0 Å². The summed E-state index contributed by atoms with van der Waals surface area (Å²) >= 11 is 0. The molecule has 1 aromatic carbocycles. The van der Waals surface area contributed by atoms with E-state index in [1.54, 1.807) is 5.57 Å². The molecular formula is C30H40N2. The smallest absolute Gasteiger partial charge is 0.0346 e. The van der Waals surface area contributed by atoms with Crippen LogP contribution in [-0.4, -0.2) is 30.0 Å². The van der Waals surface area contributed by atoms with E-state index in [0.29, 0.717) is 10.8 Å². The summed E-state index contributed by atoms with van der Waals surface area (Å²) in [5, 5.41) is 2.66. The van der Waals surface area contributed by atoms with E-state index in [-0.39, 0.29) is 0 Å². The van der Waals surface area contributed by atoms with Crippen molar-refractivity contribution in [3.8, 4) is 0 Å². The molecule has 2 aromatic rings. The fourth-order valence-corrected chi connectivity index (χ4v) is 9.05. The lowest BCUT2D eigenvalue weighted by molar-refractivity contribution is -0.106. The fourth-order valence-electron chi connectivity index (χ4n) is 9.05. The number of hydrogen-bond acceptors (Lipinski definition) is 2. The lowest BCUT2D eigenvalue weighted by Crippen LogP contribution is -2.54. The Balaban J connectivity index is 1.31. The van der Waals surface area contributed by atoms with Crippen molar-refractivity contribution in [1.82, 2.24) is 9.88 Å². The zero-order chi connectivity index (χ0) is 22.1. The molecule has 0 bridgehead atoms. The van der Waals surface area contributed by atoms with Crippen molar-refractivity contribution in [2.24, 2.45) is 34.5 Å². The Morgan fingerprint density at radius 2 is 1.84 bits per heavy atom. The fraction of sp³-hybridized carbons (Fsp3) is 0.633. The zero-order valence-electron chi connectivity index (χ0n) is 20.5. The van der Waals surface area contributed by atoms with Crippen LogP contribution in [0.5, 0.6) is 0 Å². The summed E-state index contributed by atoms with van der Waals surface area (Å²) in [5.41, 5.74) is 4.02. The maximum Gasteiger partial charge on any atom is 0.0346 e. The average molecular weight is 429 g/mol. The minimum atomic E-state index is 0.336. The SMILES string of the molecule is CN(C)C1CCC2(C)C(CCC3C4CC=C(c5cccc6cnccc56)C4(C)CCC32)C1. The number of fused-ring (bicyclic) bond motifs is 6. The van der Waals surface area contributed by atoms with Gasteiger partial charge in [-0.25, -0.2) is 0 Å². The van der Waals surface area contributed by atoms with Gasteiger partial charge in [0.1, 0.15) is 0 Å². The highest BCUT2D eigenvalue weighted by molar-refractivity contribution is 5.95. The third-order valence-electron chi connectivity index (χ3n) is 10.9. The van der Waals surface area contributed by atoms with E-state index in [2.05, 4.69) is 68.2 Å². The van der Waals surface area contributed by atoms with Gasteiger partial charge in [-0.2, -0.15) is 0 Å². The predicted molar refractivity (Wildman–Crippen MR) is 134 cm³/mol. The molecule has 7 atom stereocenters. The molecule has 0 saturated heterocycles. The molecule has 6 rings (SSSR count). The van der Waals surface area contributed by atoms with E-state index in [4.69, 9.17) is 0 Å². The Hall–Kier alpha value is -1.67. The molecule has 2 heteroatoms. The highest BCUT2D eigenvalue weighted by Crippen LogP contribution is 2.67. The molecule has 1 aromatic heterocycles. The van der Waals surface area contributed by atoms with Gasteiger partial charge in [-0.1, -0.05) is 38.1 Å². The van der Waals surface area contributed by atoms with Gasteiger partial charge in [0.2, 0.25) is 0 Å². The molecule has 3 fully saturated rings. The van der Waals surface area contributed by atoms with Crippen LogP contribution in [0.3, 0.4) is 0 Å². The van der Waals surface area contributed by atoms with Crippen molar-refractivity contribution in [2.75, 3.05) is 14.1 Å². The second-order valence-electron chi connectivity index (χ2n) is 12.3. The first-order chi connectivity index (χ1) is 15.4. The number of rotatable bonds is 2. The molecule has 170 valence electrons. The van der Waals surface area contributed by atoms with E-state index < -0.39 is 0 Å². The standard InChI is InChI=1S/C30H40N2/c1-29-15-12-22(32(3)4)18-21(29)8-9-25-27-11-10-26(30(27,2)16-13-28(25)29)24-7-5-6-20-19-31-17-14-23(20)24/h5-7,10,14,17,19,21-22,25,27-28H,8-9,11-13,15-16,18H2,1-4H3. The van der Waals surface area contributed by atoms with Gasteiger partial charge in [-0.3, -0.25) is 4.98 Å². The summed E-state index contributed by atoms with van der Waals surface area (Å²) in [4.78, 5) is 6.87.